The van der Waals surface area contributed by atoms with Gasteiger partial charge in [-0.1, -0.05) is 0 Å². The Morgan fingerprint density at radius 2 is 1.88 bits per heavy atom. The Bertz CT molecular complexity index is 783. The largest absolute Gasteiger partial charge is 0.408 e. The normalized spacial score (nSPS) is 12.0. The number of unbranched alkanes of at least 4 members (excludes halogenated alkanes) is 1. The van der Waals surface area contributed by atoms with E-state index in [0.717, 1.165) is 16.5 Å². The van der Waals surface area contributed by atoms with Crippen LogP contribution in [-0.4, -0.2) is 32.8 Å². The van der Waals surface area contributed by atoms with Crippen LogP contribution in [0.3, 0.4) is 0 Å². The molecule has 0 saturated carbocycles. The van der Waals surface area contributed by atoms with E-state index in [1.54, 1.807) is 0 Å². The van der Waals surface area contributed by atoms with Crippen molar-refractivity contribution in [3.63, 3.8) is 0 Å². The number of nitrogens with zero attached hydrogens (tertiary/aromatic N) is 4. The van der Waals surface area contributed by atoms with Crippen molar-refractivity contribution in [1.29, 1.82) is 0 Å². The van der Waals surface area contributed by atoms with Gasteiger partial charge in [-0.15, -0.1) is 0 Å². The molecular formula is C15H21N4O3S2+. The van der Waals surface area contributed by atoms with Gasteiger partial charge in [-0.3, -0.25) is 4.55 Å². The van der Waals surface area contributed by atoms with Crippen LogP contribution >= 0.6 is 11.3 Å². The van der Waals surface area contributed by atoms with Crippen molar-refractivity contribution in [2.45, 2.75) is 19.4 Å². The highest BCUT2D eigenvalue weighted by Gasteiger charge is 2.12. The molecule has 0 aliphatic rings. The number of hydrogen-bond acceptors (Lipinski definition) is 6. The number of aromatic nitrogens is 1. The molecule has 0 atom stereocenters. The molecule has 24 heavy (non-hydrogen) atoms. The Hall–Kier alpha value is -1.84. The third-order valence-corrected chi connectivity index (χ3v) is 4.92. The van der Waals surface area contributed by atoms with Crippen molar-refractivity contribution >= 4 is 38.0 Å². The van der Waals surface area contributed by atoms with Gasteiger partial charge in [0.15, 0.2) is 0 Å². The summed E-state index contributed by atoms with van der Waals surface area (Å²) in [6, 6.07) is 7.77. The molecule has 7 nitrogen and oxygen atoms in total. The molecular weight excluding hydrogens is 348 g/mol. The number of azo groups is 1. The second kappa shape index (κ2) is 8.32. The highest BCUT2D eigenvalue weighted by molar-refractivity contribution is 7.85. The van der Waals surface area contributed by atoms with Crippen LogP contribution in [0.5, 0.6) is 0 Å². The molecule has 0 fully saturated rings. The summed E-state index contributed by atoms with van der Waals surface area (Å²) in [7, 11) is 0.0752. The summed E-state index contributed by atoms with van der Waals surface area (Å²) in [6.07, 6.45) is 2.94. The van der Waals surface area contributed by atoms with Crippen molar-refractivity contribution in [3.8, 4) is 0 Å². The molecule has 1 N–H and O–H groups in total. The Balaban J connectivity index is 1.94. The lowest BCUT2D eigenvalue weighted by Crippen LogP contribution is -2.31. The Labute approximate surface area is 146 Å². The van der Waals surface area contributed by atoms with E-state index in [0.29, 0.717) is 19.4 Å². The van der Waals surface area contributed by atoms with E-state index >= 15 is 0 Å². The maximum atomic E-state index is 10.7. The summed E-state index contributed by atoms with van der Waals surface area (Å²) in [5.41, 5.74) is 1.87. The molecule has 0 aliphatic heterocycles. The molecule has 0 bridgehead atoms. The molecule has 1 aromatic heterocycles. The van der Waals surface area contributed by atoms with Gasteiger partial charge in [0.25, 0.3) is 10.1 Å². The van der Waals surface area contributed by atoms with Gasteiger partial charge < -0.3 is 4.90 Å². The van der Waals surface area contributed by atoms with Crippen molar-refractivity contribution in [1.82, 2.24) is 0 Å². The third kappa shape index (κ3) is 5.99. The van der Waals surface area contributed by atoms with Crippen LogP contribution in [0.2, 0.25) is 0 Å². The van der Waals surface area contributed by atoms with E-state index in [4.69, 9.17) is 4.55 Å². The molecule has 2 rings (SSSR count). The second-order valence-corrected chi connectivity index (χ2v) is 7.93. The average molecular weight is 369 g/mol. The zero-order valence-corrected chi connectivity index (χ0v) is 15.3. The fraction of sp³-hybridized carbons (Fsp3) is 0.400. The van der Waals surface area contributed by atoms with Gasteiger partial charge in [0.1, 0.15) is 11.9 Å². The Morgan fingerprint density at radius 3 is 2.50 bits per heavy atom. The van der Waals surface area contributed by atoms with E-state index in [-0.39, 0.29) is 5.75 Å². The first-order valence-corrected chi connectivity index (χ1v) is 9.95. The summed E-state index contributed by atoms with van der Waals surface area (Å²) in [5.74, 6) is -0.216. The highest BCUT2D eigenvalue weighted by Crippen LogP contribution is 2.21. The average Bonchev–Trinajstić information content (AvgIpc) is 2.96. The number of anilines is 1. The van der Waals surface area contributed by atoms with Gasteiger partial charge in [0.05, 0.1) is 17.4 Å². The zero-order valence-electron chi connectivity index (χ0n) is 13.7. The monoisotopic (exact) mass is 369 g/mol. The fourth-order valence-electron chi connectivity index (χ4n) is 2.03. The molecule has 0 unspecified atom stereocenters. The van der Waals surface area contributed by atoms with Crippen LogP contribution in [0.25, 0.3) is 0 Å². The lowest BCUT2D eigenvalue weighted by molar-refractivity contribution is -0.680. The lowest BCUT2D eigenvalue weighted by Gasteiger charge is -2.11. The summed E-state index contributed by atoms with van der Waals surface area (Å²) in [5, 5.41) is 11.2. The maximum Gasteiger partial charge on any atom is 0.408 e. The van der Waals surface area contributed by atoms with Gasteiger partial charge in [-0.25, -0.2) is 4.57 Å². The highest BCUT2D eigenvalue weighted by atomic mass is 32.2. The summed E-state index contributed by atoms with van der Waals surface area (Å²) in [4.78, 5) is 2.01. The van der Waals surface area contributed by atoms with Gasteiger partial charge in [0.2, 0.25) is 0 Å². The van der Waals surface area contributed by atoms with Crippen LogP contribution < -0.4 is 9.47 Å². The molecule has 1 heterocycles. The zero-order chi connectivity index (χ0) is 17.6. The Kier molecular flexibility index (Phi) is 6.41. The number of thiazole rings is 1. The van der Waals surface area contributed by atoms with E-state index in [9.17, 15) is 8.42 Å². The predicted molar refractivity (Wildman–Crippen MR) is 95.1 cm³/mol. The van der Waals surface area contributed by atoms with E-state index in [2.05, 4.69) is 10.2 Å². The molecule has 0 radical (unpaired) electrons. The predicted octanol–water partition coefficient (Wildman–Crippen LogP) is 3.19. The SMILES string of the molecule is CN(C)c1ccc(/N=N/c2scc[n+]2CCCCS(=O)(=O)O)cc1. The number of benzene rings is 1. The van der Waals surface area contributed by atoms with Crippen LogP contribution in [0.4, 0.5) is 16.5 Å². The molecule has 0 saturated heterocycles. The van der Waals surface area contributed by atoms with Gasteiger partial charge in [-0.2, -0.15) is 8.42 Å². The van der Waals surface area contributed by atoms with E-state index in [1.165, 1.54) is 11.3 Å². The molecule has 0 aliphatic carbocycles. The van der Waals surface area contributed by atoms with Crippen molar-refractivity contribution in [3.05, 3.63) is 35.8 Å². The molecule has 1 aromatic carbocycles. The van der Waals surface area contributed by atoms with Crippen LogP contribution in [0.1, 0.15) is 12.8 Å². The molecule has 0 spiro atoms. The van der Waals surface area contributed by atoms with Crippen LogP contribution in [0.15, 0.2) is 46.1 Å². The first kappa shape index (κ1) is 18.5. The smallest absolute Gasteiger partial charge is 0.378 e. The van der Waals surface area contributed by atoms with Crippen molar-refractivity contribution in [2.75, 3.05) is 24.7 Å². The standard InChI is InChI=1S/C15H20N4O3S2/c1-18(2)14-7-5-13(6-8-14)16-17-15-19(10-11-23-15)9-3-4-12-24(20,21)22/h5-8,10-11H,3-4,9,12H2,1-2H3/p+1. The minimum absolute atomic E-state index is 0.216. The number of hydrogen-bond donors (Lipinski definition) is 1. The Morgan fingerprint density at radius 1 is 1.17 bits per heavy atom. The lowest BCUT2D eigenvalue weighted by atomic mass is 10.3. The quantitative estimate of drug-likeness (QED) is 0.335. The maximum absolute atomic E-state index is 10.7. The van der Waals surface area contributed by atoms with Gasteiger partial charge >= 0.3 is 5.13 Å². The fourth-order valence-corrected chi connectivity index (χ4v) is 3.31. The molecule has 130 valence electrons. The number of aryl methyl sites for hydroxylation is 1. The van der Waals surface area contributed by atoms with Crippen LogP contribution in [0, 0.1) is 0 Å². The van der Waals surface area contributed by atoms with Crippen molar-refractivity contribution in [2.24, 2.45) is 10.2 Å². The van der Waals surface area contributed by atoms with Gasteiger partial charge in [0, 0.05) is 25.2 Å². The topological polar surface area (TPSA) is 86.2 Å². The minimum Gasteiger partial charge on any atom is -0.378 e. The summed E-state index contributed by atoms with van der Waals surface area (Å²) in [6.45, 7) is 0.632. The van der Waals surface area contributed by atoms with Crippen molar-refractivity contribution < 1.29 is 17.5 Å². The summed E-state index contributed by atoms with van der Waals surface area (Å²) < 4.78 is 32.0. The molecule has 0 amide bonds. The van der Waals surface area contributed by atoms with Gasteiger partial charge in [-0.05, 0) is 53.6 Å². The minimum atomic E-state index is -3.88. The van der Waals surface area contributed by atoms with E-state index < -0.39 is 10.1 Å². The van der Waals surface area contributed by atoms with E-state index in [1.807, 2.05) is 59.4 Å². The first-order valence-electron chi connectivity index (χ1n) is 7.46. The first-order chi connectivity index (χ1) is 11.3. The molecule has 2 aromatic rings. The summed E-state index contributed by atoms with van der Waals surface area (Å²) >= 11 is 1.47. The molecule has 9 heteroatoms. The second-order valence-electron chi connectivity index (χ2n) is 5.48. The number of rotatable bonds is 8. The van der Waals surface area contributed by atoms with Crippen LogP contribution in [-0.2, 0) is 16.7 Å². The third-order valence-electron chi connectivity index (χ3n) is 3.33.